The van der Waals surface area contributed by atoms with Crippen LogP contribution in [-0.2, 0) is 19.4 Å². The number of aromatic hydroxyl groups is 1. The van der Waals surface area contributed by atoms with E-state index in [0.717, 1.165) is 43.9 Å². The van der Waals surface area contributed by atoms with Gasteiger partial charge in [-0.25, -0.2) is 4.39 Å². The molecule has 192 valence electrons. The molecule has 1 aliphatic carbocycles. The third kappa shape index (κ3) is 6.49. The van der Waals surface area contributed by atoms with Crippen molar-refractivity contribution in [1.82, 2.24) is 5.32 Å². The summed E-state index contributed by atoms with van der Waals surface area (Å²) in [5.74, 6) is 2.44. The van der Waals surface area contributed by atoms with Crippen LogP contribution in [0.4, 0.5) is 10.1 Å². The highest BCUT2D eigenvalue weighted by molar-refractivity contribution is 5.60. The first-order valence-electron chi connectivity index (χ1n) is 12.8. The Hall–Kier alpha value is -3.25. The summed E-state index contributed by atoms with van der Waals surface area (Å²) in [4.78, 5) is 2.40. The SMILES string of the molecule is CCN(Cc1ccc(OCCNCCF)cc1)c1cc(OC)ccc1C1CCc2cc(O)ccc2C1. The number of benzene rings is 3. The third-order valence-electron chi connectivity index (χ3n) is 6.93. The molecule has 3 aromatic rings. The number of hydrogen-bond acceptors (Lipinski definition) is 5. The summed E-state index contributed by atoms with van der Waals surface area (Å²) in [6.45, 7) is 4.97. The minimum Gasteiger partial charge on any atom is -0.508 e. The molecule has 0 bridgehead atoms. The van der Waals surface area contributed by atoms with E-state index in [-0.39, 0.29) is 6.67 Å². The summed E-state index contributed by atoms with van der Waals surface area (Å²) in [6.07, 6.45) is 3.00. The van der Waals surface area contributed by atoms with Crippen molar-refractivity contribution in [2.24, 2.45) is 0 Å². The van der Waals surface area contributed by atoms with Crippen LogP contribution in [0.15, 0.2) is 60.7 Å². The van der Waals surface area contributed by atoms with Crippen LogP contribution in [0.2, 0.25) is 0 Å². The summed E-state index contributed by atoms with van der Waals surface area (Å²) in [5.41, 5.74) is 6.34. The number of hydrogen-bond donors (Lipinski definition) is 2. The van der Waals surface area contributed by atoms with E-state index in [9.17, 15) is 9.50 Å². The third-order valence-corrected chi connectivity index (χ3v) is 6.93. The van der Waals surface area contributed by atoms with E-state index < -0.39 is 0 Å². The zero-order valence-corrected chi connectivity index (χ0v) is 21.3. The standard InChI is InChI=1S/C30H37FN2O3/c1-3-33(21-22-4-10-27(11-5-22)36-17-16-32-15-14-31)30-20-28(35-2)12-13-29(30)25-7-6-24-19-26(34)9-8-23(24)18-25/h4-5,8-13,19-20,25,32,34H,3,6-7,14-18,21H2,1-2H3. The molecule has 0 aliphatic heterocycles. The zero-order valence-electron chi connectivity index (χ0n) is 21.3. The van der Waals surface area contributed by atoms with Gasteiger partial charge in [0.2, 0.25) is 0 Å². The lowest BCUT2D eigenvalue weighted by atomic mass is 9.79. The molecule has 0 saturated carbocycles. The van der Waals surface area contributed by atoms with Crippen molar-refractivity contribution in [2.45, 2.75) is 38.6 Å². The number of phenolic OH excluding ortho intramolecular Hbond substituents is 1. The van der Waals surface area contributed by atoms with Crippen LogP contribution >= 0.6 is 0 Å². The second kappa shape index (κ2) is 12.6. The molecule has 0 heterocycles. The Morgan fingerprint density at radius 3 is 2.56 bits per heavy atom. The summed E-state index contributed by atoms with van der Waals surface area (Å²) in [5, 5.41) is 12.9. The molecule has 0 fully saturated rings. The molecule has 1 atom stereocenters. The number of fused-ring (bicyclic) bond motifs is 1. The Balaban J connectivity index is 1.49. The fourth-order valence-electron chi connectivity index (χ4n) is 4.99. The molecule has 0 radical (unpaired) electrons. The summed E-state index contributed by atoms with van der Waals surface area (Å²) >= 11 is 0. The van der Waals surface area contributed by atoms with Crippen LogP contribution in [-0.4, -0.2) is 45.1 Å². The van der Waals surface area contributed by atoms with Gasteiger partial charge in [-0.3, -0.25) is 0 Å². The van der Waals surface area contributed by atoms with Gasteiger partial charge in [-0.2, -0.15) is 0 Å². The zero-order chi connectivity index (χ0) is 25.3. The average Bonchev–Trinajstić information content (AvgIpc) is 2.91. The van der Waals surface area contributed by atoms with Gasteiger partial charge in [0.25, 0.3) is 0 Å². The number of halogens is 1. The smallest absolute Gasteiger partial charge is 0.120 e. The monoisotopic (exact) mass is 492 g/mol. The van der Waals surface area contributed by atoms with Gasteiger partial charge in [0, 0.05) is 37.9 Å². The van der Waals surface area contributed by atoms with Crippen molar-refractivity contribution in [2.75, 3.05) is 44.9 Å². The Labute approximate surface area is 213 Å². The van der Waals surface area contributed by atoms with Crippen molar-refractivity contribution in [3.63, 3.8) is 0 Å². The lowest BCUT2D eigenvalue weighted by Crippen LogP contribution is -2.25. The number of alkyl halides is 1. The topological polar surface area (TPSA) is 54.0 Å². The van der Waals surface area contributed by atoms with Crippen molar-refractivity contribution in [3.8, 4) is 17.2 Å². The Morgan fingerprint density at radius 2 is 1.81 bits per heavy atom. The van der Waals surface area contributed by atoms with Crippen molar-refractivity contribution < 1.29 is 19.0 Å². The van der Waals surface area contributed by atoms with Crippen LogP contribution in [0.1, 0.15) is 41.5 Å². The molecule has 6 heteroatoms. The van der Waals surface area contributed by atoms with Gasteiger partial charge in [-0.05, 0) is 84.7 Å². The van der Waals surface area contributed by atoms with E-state index in [1.54, 1.807) is 13.2 Å². The van der Waals surface area contributed by atoms with Gasteiger partial charge in [-0.15, -0.1) is 0 Å². The number of phenols is 1. The molecule has 5 nitrogen and oxygen atoms in total. The predicted octanol–water partition coefficient (Wildman–Crippen LogP) is 5.64. The van der Waals surface area contributed by atoms with Gasteiger partial charge >= 0.3 is 0 Å². The lowest BCUT2D eigenvalue weighted by Gasteiger charge is -2.32. The van der Waals surface area contributed by atoms with E-state index in [2.05, 4.69) is 53.5 Å². The maximum atomic E-state index is 12.2. The lowest BCUT2D eigenvalue weighted by molar-refractivity contribution is 0.310. The average molecular weight is 493 g/mol. The van der Waals surface area contributed by atoms with Crippen LogP contribution in [0.25, 0.3) is 0 Å². The fourth-order valence-corrected chi connectivity index (χ4v) is 4.99. The van der Waals surface area contributed by atoms with E-state index in [0.29, 0.717) is 31.4 Å². The maximum Gasteiger partial charge on any atom is 0.120 e. The second-order valence-electron chi connectivity index (χ2n) is 9.26. The molecule has 0 spiro atoms. The van der Waals surface area contributed by atoms with Gasteiger partial charge < -0.3 is 24.8 Å². The first kappa shape index (κ1) is 25.8. The molecular weight excluding hydrogens is 455 g/mol. The quantitative estimate of drug-likeness (QED) is 0.321. The summed E-state index contributed by atoms with van der Waals surface area (Å²) in [6, 6.07) is 20.4. The normalized spacial score (nSPS) is 14.8. The highest BCUT2D eigenvalue weighted by Crippen LogP contribution is 2.40. The Morgan fingerprint density at radius 1 is 1.00 bits per heavy atom. The largest absolute Gasteiger partial charge is 0.508 e. The predicted molar refractivity (Wildman–Crippen MR) is 143 cm³/mol. The molecule has 0 aromatic heterocycles. The van der Waals surface area contributed by atoms with Gasteiger partial charge in [0.05, 0.1) is 7.11 Å². The summed E-state index contributed by atoms with van der Waals surface area (Å²) in [7, 11) is 1.71. The Bertz CT molecular complexity index is 1120. The van der Waals surface area contributed by atoms with Crippen LogP contribution in [0.5, 0.6) is 17.2 Å². The molecule has 36 heavy (non-hydrogen) atoms. The summed E-state index contributed by atoms with van der Waals surface area (Å²) < 4.78 is 23.5. The van der Waals surface area contributed by atoms with Gasteiger partial charge in [0.1, 0.15) is 30.5 Å². The molecule has 1 unspecified atom stereocenters. The maximum absolute atomic E-state index is 12.2. The van der Waals surface area contributed by atoms with Crippen LogP contribution < -0.4 is 19.7 Å². The molecule has 2 N–H and O–H groups in total. The molecule has 3 aromatic carbocycles. The van der Waals surface area contributed by atoms with Gasteiger partial charge in [0.15, 0.2) is 0 Å². The molecule has 1 aliphatic rings. The van der Waals surface area contributed by atoms with E-state index in [1.165, 1.54) is 27.9 Å². The number of anilines is 1. The van der Waals surface area contributed by atoms with Crippen molar-refractivity contribution >= 4 is 5.69 Å². The van der Waals surface area contributed by atoms with Crippen LogP contribution in [0.3, 0.4) is 0 Å². The second-order valence-corrected chi connectivity index (χ2v) is 9.26. The highest BCUT2D eigenvalue weighted by Gasteiger charge is 2.24. The van der Waals surface area contributed by atoms with Crippen LogP contribution in [0, 0.1) is 0 Å². The number of ether oxygens (including phenoxy) is 2. The molecule has 0 amide bonds. The number of nitrogens with one attached hydrogen (secondary N) is 1. The Kier molecular flexibility index (Phi) is 9.06. The first-order chi connectivity index (χ1) is 17.6. The number of rotatable bonds is 12. The minimum atomic E-state index is -0.365. The molecular formula is C30H37FN2O3. The number of aryl methyl sites for hydroxylation is 1. The number of methoxy groups -OCH3 is 1. The van der Waals surface area contributed by atoms with Gasteiger partial charge in [-0.1, -0.05) is 24.3 Å². The van der Waals surface area contributed by atoms with E-state index in [4.69, 9.17) is 9.47 Å². The first-order valence-corrected chi connectivity index (χ1v) is 12.8. The van der Waals surface area contributed by atoms with Crippen molar-refractivity contribution in [3.05, 3.63) is 82.9 Å². The molecule has 0 saturated heterocycles. The van der Waals surface area contributed by atoms with E-state index in [1.807, 2.05) is 18.2 Å². The van der Waals surface area contributed by atoms with Crippen molar-refractivity contribution in [1.29, 1.82) is 0 Å². The highest BCUT2D eigenvalue weighted by atomic mass is 19.1. The number of nitrogens with zero attached hydrogens (tertiary/aromatic N) is 1. The minimum absolute atomic E-state index is 0.347. The molecule has 4 rings (SSSR count). The van der Waals surface area contributed by atoms with E-state index >= 15 is 0 Å². The fraction of sp³-hybridized carbons (Fsp3) is 0.400.